The maximum absolute atomic E-state index is 7.04. The van der Waals surface area contributed by atoms with Crippen LogP contribution in [0.2, 0.25) is 23.2 Å². The van der Waals surface area contributed by atoms with Crippen molar-refractivity contribution >= 4 is 19.9 Å². The zero-order valence-corrected chi connectivity index (χ0v) is 21.0. The van der Waals surface area contributed by atoms with Gasteiger partial charge in [0.15, 0.2) is 8.32 Å². The fraction of sp³-hybridized carbons (Fsp3) is 0.750. The second-order valence-electron chi connectivity index (χ2n) is 9.65. The Hall–Kier alpha value is -0.353. The maximum Gasteiger partial charge on any atom is 0.192 e. The molecule has 0 radical (unpaired) electrons. The normalized spacial score (nSPS) is 19.0. The Kier molecular flexibility index (Phi) is 8.63. The first-order valence-corrected chi connectivity index (χ1v) is 14.2. The van der Waals surface area contributed by atoms with E-state index in [4.69, 9.17) is 16.0 Å². The van der Waals surface area contributed by atoms with Crippen molar-refractivity contribution in [3.8, 4) is 0 Å². The second kappa shape index (κ2) is 10.1. The van der Waals surface area contributed by atoms with Crippen LogP contribution in [0, 0.1) is 19.3 Å². The summed E-state index contributed by atoms with van der Waals surface area (Å²) in [5.41, 5.74) is 4.37. The molecule has 4 heteroatoms. The predicted octanol–water partition coefficient (Wildman–Crippen LogP) is 7.58. The van der Waals surface area contributed by atoms with Crippen molar-refractivity contribution < 1.29 is 4.43 Å². The summed E-state index contributed by atoms with van der Waals surface area (Å²) in [7, 11) is -1.71. The molecule has 1 N–H and O–H groups in total. The van der Waals surface area contributed by atoms with E-state index in [1.54, 1.807) is 0 Å². The molecular formula is C24H42ClNOSi. The van der Waals surface area contributed by atoms with Gasteiger partial charge in [0, 0.05) is 17.6 Å². The number of halogens is 1. The number of benzene rings is 1. The van der Waals surface area contributed by atoms with E-state index < -0.39 is 8.32 Å². The average Bonchev–Trinajstić information content (AvgIpc) is 2.64. The molecule has 0 heterocycles. The molecule has 1 aliphatic carbocycles. The SMILES string of the molecule is CC[Si](CC)(CC)OC(CNC1CCC(C)(C)CC1)c1c(C)cc(Cl)cc1C. The van der Waals surface area contributed by atoms with Gasteiger partial charge in [0.25, 0.3) is 0 Å². The Morgan fingerprint density at radius 1 is 1.07 bits per heavy atom. The molecule has 1 aliphatic rings. The van der Waals surface area contributed by atoms with Crippen LogP contribution >= 0.6 is 11.6 Å². The Bertz CT molecular complexity index is 600. The minimum Gasteiger partial charge on any atom is -0.409 e. The van der Waals surface area contributed by atoms with Gasteiger partial charge in [-0.2, -0.15) is 0 Å². The molecule has 0 aliphatic heterocycles. The third kappa shape index (κ3) is 6.07. The molecule has 0 spiro atoms. The maximum atomic E-state index is 7.04. The van der Waals surface area contributed by atoms with Crippen molar-refractivity contribution in [2.45, 2.75) is 104 Å². The molecule has 0 aromatic heterocycles. The molecule has 1 saturated carbocycles. The van der Waals surface area contributed by atoms with Crippen LogP contribution in [-0.2, 0) is 4.43 Å². The first-order chi connectivity index (χ1) is 13.1. The molecule has 1 fully saturated rings. The van der Waals surface area contributed by atoms with Crippen LogP contribution in [0.1, 0.15) is 83.1 Å². The molecule has 0 bridgehead atoms. The summed E-state index contributed by atoms with van der Waals surface area (Å²) in [5.74, 6) is 0. The minimum absolute atomic E-state index is 0.124. The number of nitrogens with one attached hydrogen (secondary N) is 1. The third-order valence-corrected chi connectivity index (χ3v) is 12.0. The van der Waals surface area contributed by atoms with Gasteiger partial charge < -0.3 is 9.74 Å². The Balaban J connectivity index is 2.22. The molecular weight excluding hydrogens is 382 g/mol. The van der Waals surface area contributed by atoms with Crippen molar-refractivity contribution in [3.05, 3.63) is 33.8 Å². The van der Waals surface area contributed by atoms with Crippen LogP contribution < -0.4 is 5.32 Å². The van der Waals surface area contributed by atoms with Crippen LogP contribution in [0.25, 0.3) is 0 Å². The number of rotatable bonds is 9. The predicted molar refractivity (Wildman–Crippen MR) is 126 cm³/mol. The van der Waals surface area contributed by atoms with E-state index in [0.29, 0.717) is 11.5 Å². The lowest BCUT2D eigenvalue weighted by Crippen LogP contribution is -2.43. The summed E-state index contributed by atoms with van der Waals surface area (Å²) >= 11 is 6.32. The van der Waals surface area contributed by atoms with Gasteiger partial charge in [-0.1, -0.05) is 46.2 Å². The van der Waals surface area contributed by atoms with Gasteiger partial charge >= 0.3 is 0 Å². The average molecular weight is 424 g/mol. The summed E-state index contributed by atoms with van der Waals surface area (Å²) < 4.78 is 7.04. The molecule has 1 atom stereocenters. The summed E-state index contributed by atoms with van der Waals surface area (Å²) in [6.07, 6.45) is 5.30. The van der Waals surface area contributed by atoms with Crippen molar-refractivity contribution in [2.24, 2.45) is 5.41 Å². The third-order valence-electron chi connectivity index (χ3n) is 7.14. The Labute approximate surface area is 179 Å². The van der Waals surface area contributed by atoms with E-state index in [9.17, 15) is 0 Å². The largest absolute Gasteiger partial charge is 0.409 e. The molecule has 160 valence electrons. The quantitative estimate of drug-likeness (QED) is 0.413. The molecule has 0 saturated heterocycles. The van der Waals surface area contributed by atoms with Crippen molar-refractivity contribution in [1.29, 1.82) is 0 Å². The van der Waals surface area contributed by atoms with E-state index in [1.807, 2.05) is 0 Å². The number of hydrogen-bond donors (Lipinski definition) is 1. The van der Waals surface area contributed by atoms with Crippen molar-refractivity contribution in [2.75, 3.05) is 6.54 Å². The van der Waals surface area contributed by atoms with Crippen LogP contribution in [0.15, 0.2) is 12.1 Å². The van der Waals surface area contributed by atoms with Gasteiger partial charge in [-0.3, -0.25) is 0 Å². The van der Waals surface area contributed by atoms with E-state index in [2.05, 4.69) is 65.9 Å². The molecule has 0 amide bonds. The highest BCUT2D eigenvalue weighted by Gasteiger charge is 2.34. The highest BCUT2D eigenvalue weighted by molar-refractivity contribution is 6.73. The summed E-state index contributed by atoms with van der Waals surface area (Å²) in [6.45, 7) is 17.0. The smallest absolute Gasteiger partial charge is 0.192 e. The lowest BCUT2D eigenvalue weighted by molar-refractivity contribution is 0.159. The highest BCUT2D eigenvalue weighted by Crippen LogP contribution is 2.37. The Morgan fingerprint density at radius 3 is 2.04 bits per heavy atom. The zero-order chi connectivity index (χ0) is 20.9. The fourth-order valence-corrected chi connectivity index (χ4v) is 7.94. The zero-order valence-electron chi connectivity index (χ0n) is 19.3. The monoisotopic (exact) mass is 423 g/mol. The van der Waals surface area contributed by atoms with Gasteiger partial charge in [0.2, 0.25) is 0 Å². The van der Waals surface area contributed by atoms with Crippen molar-refractivity contribution in [1.82, 2.24) is 5.32 Å². The summed E-state index contributed by atoms with van der Waals surface area (Å²) in [5, 5.41) is 4.71. The van der Waals surface area contributed by atoms with Gasteiger partial charge in [-0.25, -0.2) is 0 Å². The van der Waals surface area contributed by atoms with E-state index in [0.717, 1.165) is 11.6 Å². The lowest BCUT2D eigenvalue weighted by Gasteiger charge is -2.38. The molecule has 1 unspecified atom stereocenters. The van der Waals surface area contributed by atoms with E-state index in [1.165, 1.54) is 60.5 Å². The molecule has 1 aromatic carbocycles. The van der Waals surface area contributed by atoms with Gasteiger partial charge in [-0.15, -0.1) is 0 Å². The first-order valence-electron chi connectivity index (χ1n) is 11.3. The number of aryl methyl sites for hydroxylation is 2. The highest BCUT2D eigenvalue weighted by atomic mass is 35.5. The lowest BCUT2D eigenvalue weighted by atomic mass is 9.75. The molecule has 2 nitrogen and oxygen atoms in total. The second-order valence-corrected chi connectivity index (χ2v) is 14.8. The topological polar surface area (TPSA) is 21.3 Å². The molecule has 1 aromatic rings. The standard InChI is InChI=1S/C24H42ClNOSi/c1-8-28(9-2,10-3)27-22(23-18(4)15-20(25)16-19(23)5)17-26-21-11-13-24(6,7)14-12-21/h15-16,21-22,26H,8-14,17H2,1-7H3. The van der Waals surface area contributed by atoms with E-state index in [-0.39, 0.29) is 6.10 Å². The van der Waals surface area contributed by atoms with Crippen LogP contribution in [0.5, 0.6) is 0 Å². The molecule has 28 heavy (non-hydrogen) atoms. The summed E-state index contributed by atoms with van der Waals surface area (Å²) in [6, 6.07) is 8.35. The molecule has 2 rings (SSSR count). The van der Waals surface area contributed by atoms with Gasteiger partial charge in [-0.05, 0) is 91.9 Å². The van der Waals surface area contributed by atoms with Gasteiger partial charge in [0.1, 0.15) is 0 Å². The first kappa shape index (κ1) is 23.9. The summed E-state index contributed by atoms with van der Waals surface area (Å²) in [4.78, 5) is 0. The van der Waals surface area contributed by atoms with Gasteiger partial charge in [0.05, 0.1) is 6.10 Å². The van der Waals surface area contributed by atoms with Crippen LogP contribution in [-0.4, -0.2) is 20.9 Å². The minimum atomic E-state index is -1.71. The Morgan fingerprint density at radius 2 is 1.57 bits per heavy atom. The van der Waals surface area contributed by atoms with Crippen molar-refractivity contribution in [3.63, 3.8) is 0 Å². The number of hydrogen-bond acceptors (Lipinski definition) is 2. The fourth-order valence-electron chi connectivity index (χ4n) is 4.81. The van der Waals surface area contributed by atoms with E-state index >= 15 is 0 Å². The van der Waals surface area contributed by atoms with Crippen LogP contribution in [0.3, 0.4) is 0 Å². The van der Waals surface area contributed by atoms with Crippen LogP contribution in [0.4, 0.5) is 0 Å².